The molecule has 0 saturated carbocycles. The highest BCUT2D eigenvalue weighted by Crippen LogP contribution is 2.27. The van der Waals surface area contributed by atoms with E-state index >= 15 is 0 Å². The fourth-order valence-electron chi connectivity index (χ4n) is 2.76. The third kappa shape index (κ3) is 2.27. The molecule has 18 heavy (non-hydrogen) atoms. The van der Waals surface area contributed by atoms with Gasteiger partial charge in [-0.15, -0.1) is 0 Å². The Morgan fingerprint density at radius 3 is 2.94 bits per heavy atom. The highest BCUT2D eigenvalue weighted by molar-refractivity contribution is 5.83. The first-order valence-electron chi connectivity index (χ1n) is 6.84. The average Bonchev–Trinajstić information content (AvgIpc) is 2.90. The van der Waals surface area contributed by atoms with Crippen LogP contribution in [0.15, 0.2) is 29.3 Å². The van der Waals surface area contributed by atoms with Gasteiger partial charge in [0.05, 0.1) is 12.6 Å². The molecule has 3 heteroatoms. The summed E-state index contributed by atoms with van der Waals surface area (Å²) in [5.74, 6) is 0.919. The second-order valence-corrected chi connectivity index (χ2v) is 5.14. The van der Waals surface area contributed by atoms with E-state index in [1.807, 2.05) is 0 Å². The smallest absolute Gasteiger partial charge is 0.201 e. The van der Waals surface area contributed by atoms with Crippen molar-refractivity contribution in [1.82, 2.24) is 5.32 Å². The molecule has 3 rings (SSSR count). The van der Waals surface area contributed by atoms with Gasteiger partial charge in [0.25, 0.3) is 0 Å². The van der Waals surface area contributed by atoms with Crippen LogP contribution in [0.25, 0.3) is 0 Å². The minimum Gasteiger partial charge on any atom is -0.470 e. The number of piperidine rings is 1. The second kappa shape index (κ2) is 5.11. The molecule has 2 aliphatic heterocycles. The zero-order valence-electron chi connectivity index (χ0n) is 10.9. The average molecular weight is 244 g/mol. The van der Waals surface area contributed by atoms with E-state index in [9.17, 15) is 0 Å². The molecule has 2 unspecified atom stereocenters. The lowest BCUT2D eigenvalue weighted by Gasteiger charge is -2.24. The predicted octanol–water partition coefficient (Wildman–Crippen LogP) is 2.61. The quantitative estimate of drug-likeness (QED) is 0.867. The molecule has 2 aliphatic rings. The van der Waals surface area contributed by atoms with E-state index in [4.69, 9.17) is 4.74 Å². The van der Waals surface area contributed by atoms with Crippen LogP contribution in [0.2, 0.25) is 0 Å². The van der Waals surface area contributed by atoms with E-state index in [2.05, 4.69) is 41.5 Å². The van der Waals surface area contributed by atoms with Crippen LogP contribution in [0.1, 0.15) is 36.5 Å². The van der Waals surface area contributed by atoms with Crippen molar-refractivity contribution in [2.75, 3.05) is 13.1 Å². The second-order valence-electron chi connectivity index (χ2n) is 5.14. The molecule has 1 aromatic rings. The molecule has 0 aliphatic carbocycles. The van der Waals surface area contributed by atoms with E-state index < -0.39 is 0 Å². The summed E-state index contributed by atoms with van der Waals surface area (Å²) in [6, 6.07) is 8.76. The Kier molecular flexibility index (Phi) is 3.33. The Balaban J connectivity index is 1.68. The van der Waals surface area contributed by atoms with Crippen molar-refractivity contribution >= 4 is 5.90 Å². The minimum atomic E-state index is 0.116. The number of hydrogen-bond acceptors (Lipinski definition) is 3. The maximum atomic E-state index is 6.06. The van der Waals surface area contributed by atoms with E-state index in [-0.39, 0.29) is 6.10 Å². The predicted molar refractivity (Wildman–Crippen MR) is 72.9 cm³/mol. The summed E-state index contributed by atoms with van der Waals surface area (Å²) in [4.78, 5) is 4.59. The Morgan fingerprint density at radius 2 is 2.17 bits per heavy atom. The molecule has 96 valence electrons. The van der Waals surface area contributed by atoms with Crippen molar-refractivity contribution in [1.29, 1.82) is 0 Å². The van der Waals surface area contributed by atoms with Crippen LogP contribution in [-0.4, -0.2) is 25.0 Å². The number of benzene rings is 1. The van der Waals surface area contributed by atoms with Gasteiger partial charge in [-0.1, -0.05) is 30.7 Å². The Bertz CT molecular complexity index is 450. The van der Waals surface area contributed by atoms with Crippen molar-refractivity contribution in [3.05, 3.63) is 35.4 Å². The fourth-order valence-corrected chi connectivity index (χ4v) is 2.76. The van der Waals surface area contributed by atoms with E-state index in [1.165, 1.54) is 24.0 Å². The lowest BCUT2D eigenvalue weighted by Crippen LogP contribution is -2.40. The number of rotatable bonds is 2. The van der Waals surface area contributed by atoms with Crippen molar-refractivity contribution in [2.24, 2.45) is 4.99 Å². The van der Waals surface area contributed by atoms with E-state index in [1.54, 1.807) is 0 Å². The molecule has 0 spiro atoms. The van der Waals surface area contributed by atoms with Gasteiger partial charge in [-0.25, -0.2) is 4.99 Å². The highest BCUT2D eigenvalue weighted by atomic mass is 16.5. The molecule has 0 bridgehead atoms. The number of aliphatic imine (C=N–C) groups is 1. The zero-order valence-corrected chi connectivity index (χ0v) is 10.9. The van der Waals surface area contributed by atoms with E-state index in [0.717, 1.165) is 25.4 Å². The first-order valence-corrected chi connectivity index (χ1v) is 6.84. The maximum absolute atomic E-state index is 6.06. The molecular weight excluding hydrogens is 224 g/mol. The van der Waals surface area contributed by atoms with Crippen molar-refractivity contribution in [3.63, 3.8) is 0 Å². The van der Waals surface area contributed by atoms with Crippen LogP contribution in [0.3, 0.4) is 0 Å². The molecule has 2 atom stereocenters. The molecular formula is C15H20N2O. The van der Waals surface area contributed by atoms with Gasteiger partial charge in [0, 0.05) is 0 Å². The third-order valence-corrected chi connectivity index (χ3v) is 3.82. The van der Waals surface area contributed by atoms with Crippen LogP contribution in [0, 0.1) is 6.92 Å². The third-order valence-electron chi connectivity index (χ3n) is 3.82. The summed E-state index contributed by atoms with van der Waals surface area (Å²) < 4.78 is 6.06. The van der Waals surface area contributed by atoms with Gasteiger partial charge in [0.1, 0.15) is 6.10 Å². The Morgan fingerprint density at radius 1 is 1.28 bits per heavy atom. The minimum absolute atomic E-state index is 0.116. The highest BCUT2D eigenvalue weighted by Gasteiger charge is 2.28. The first-order chi connectivity index (χ1) is 8.84. The van der Waals surface area contributed by atoms with Gasteiger partial charge >= 0.3 is 0 Å². The monoisotopic (exact) mass is 244 g/mol. The summed E-state index contributed by atoms with van der Waals surface area (Å²) in [6.07, 6.45) is 3.81. The van der Waals surface area contributed by atoms with E-state index in [0.29, 0.717) is 6.04 Å². The van der Waals surface area contributed by atoms with Gasteiger partial charge in [-0.2, -0.15) is 0 Å². The molecule has 0 amide bonds. The Hall–Kier alpha value is -1.35. The standard InChI is InChI=1S/C15H20N2O/c1-11-6-2-3-7-12(11)14-10-17-15(18-14)13-8-4-5-9-16-13/h2-3,6-7,13-14,16H,4-5,8-10H2,1H3. The zero-order chi connectivity index (χ0) is 12.4. The number of nitrogens with zero attached hydrogens (tertiary/aromatic N) is 1. The van der Waals surface area contributed by atoms with Crippen molar-refractivity contribution in [2.45, 2.75) is 38.3 Å². The van der Waals surface area contributed by atoms with Crippen LogP contribution in [0.5, 0.6) is 0 Å². The molecule has 1 N–H and O–H groups in total. The number of aryl methyl sites for hydroxylation is 1. The Labute approximate surface area is 108 Å². The largest absolute Gasteiger partial charge is 0.470 e. The fraction of sp³-hybridized carbons (Fsp3) is 0.533. The van der Waals surface area contributed by atoms with Crippen LogP contribution in [0.4, 0.5) is 0 Å². The van der Waals surface area contributed by atoms with Gasteiger partial charge in [0.2, 0.25) is 5.90 Å². The summed E-state index contributed by atoms with van der Waals surface area (Å²) in [7, 11) is 0. The normalized spacial score (nSPS) is 27.7. The van der Waals surface area contributed by atoms with Crippen LogP contribution >= 0.6 is 0 Å². The molecule has 3 nitrogen and oxygen atoms in total. The summed E-state index contributed by atoms with van der Waals surface area (Å²) in [5.41, 5.74) is 2.56. The molecule has 0 radical (unpaired) electrons. The lowest BCUT2D eigenvalue weighted by atomic mass is 10.0. The number of hydrogen-bond donors (Lipinski definition) is 1. The van der Waals surface area contributed by atoms with Gasteiger partial charge in [-0.05, 0) is 37.4 Å². The number of ether oxygens (including phenoxy) is 1. The van der Waals surface area contributed by atoms with Crippen molar-refractivity contribution in [3.8, 4) is 0 Å². The van der Waals surface area contributed by atoms with Gasteiger partial charge in [-0.3, -0.25) is 0 Å². The molecule has 1 fully saturated rings. The van der Waals surface area contributed by atoms with Gasteiger partial charge < -0.3 is 10.1 Å². The molecule has 0 aromatic heterocycles. The van der Waals surface area contributed by atoms with Crippen molar-refractivity contribution < 1.29 is 4.74 Å². The molecule has 2 heterocycles. The lowest BCUT2D eigenvalue weighted by molar-refractivity contribution is 0.212. The summed E-state index contributed by atoms with van der Waals surface area (Å²) >= 11 is 0. The molecule has 1 saturated heterocycles. The summed E-state index contributed by atoms with van der Waals surface area (Å²) in [5, 5.41) is 3.49. The molecule has 1 aromatic carbocycles. The maximum Gasteiger partial charge on any atom is 0.201 e. The topological polar surface area (TPSA) is 33.6 Å². The van der Waals surface area contributed by atoms with Crippen LogP contribution in [-0.2, 0) is 4.74 Å². The number of nitrogens with one attached hydrogen (secondary N) is 1. The van der Waals surface area contributed by atoms with Gasteiger partial charge in [0.15, 0.2) is 0 Å². The summed E-state index contributed by atoms with van der Waals surface area (Å²) in [6.45, 7) is 3.98. The van der Waals surface area contributed by atoms with Crippen LogP contribution < -0.4 is 5.32 Å². The first kappa shape index (κ1) is 11.7. The SMILES string of the molecule is Cc1ccccc1C1CN=C(C2CCCCN2)O1.